The van der Waals surface area contributed by atoms with Crippen molar-refractivity contribution in [1.82, 2.24) is 14.9 Å². The maximum absolute atomic E-state index is 14.8. The first-order chi connectivity index (χ1) is 21.0. The van der Waals surface area contributed by atoms with Gasteiger partial charge in [-0.2, -0.15) is 13.2 Å². The van der Waals surface area contributed by atoms with Gasteiger partial charge in [0.25, 0.3) is 11.8 Å². The standard InChI is InChI=1S/C30H29F4N7O2S/c1-40-7-2-8-41(10-9-40)21-12-17(11-18(13-21)30(32,33)34)28(42)38-20-5-6-23(31)24(14-20)39-29(43)22-15-44-26-25(22)35-16-36-27(26)37-19-3-4-19/h5-6,11-16,19H,2-4,7-10H2,1H3,(H,38,42)(H,39,43)(H,35,36,37). The van der Waals surface area contributed by atoms with E-state index >= 15 is 0 Å². The minimum absolute atomic E-state index is 0.0930. The number of halogens is 4. The zero-order chi connectivity index (χ0) is 31.0. The number of rotatable bonds is 7. The first-order valence-electron chi connectivity index (χ1n) is 14.1. The number of hydrogen-bond donors (Lipinski definition) is 3. The number of amides is 2. The zero-order valence-electron chi connectivity index (χ0n) is 23.7. The molecule has 0 unspecified atom stereocenters. The number of nitrogens with zero attached hydrogens (tertiary/aromatic N) is 4. The van der Waals surface area contributed by atoms with Gasteiger partial charge in [-0.15, -0.1) is 11.3 Å². The number of fused-ring (bicyclic) bond motifs is 1. The lowest BCUT2D eigenvalue weighted by Crippen LogP contribution is -2.29. The highest BCUT2D eigenvalue weighted by Crippen LogP contribution is 2.35. The predicted octanol–water partition coefficient (Wildman–Crippen LogP) is 6.07. The number of likely N-dealkylation sites (N-methyl/N-ethyl adjacent to an activating group) is 1. The summed E-state index contributed by atoms with van der Waals surface area (Å²) < 4.78 is 56.9. The first-order valence-corrected chi connectivity index (χ1v) is 15.0. The summed E-state index contributed by atoms with van der Waals surface area (Å²) in [6.45, 7) is 2.57. The molecule has 44 heavy (non-hydrogen) atoms. The Labute approximate surface area is 254 Å². The molecular formula is C30H29F4N7O2S. The van der Waals surface area contributed by atoms with Gasteiger partial charge in [0, 0.05) is 48.0 Å². The largest absolute Gasteiger partial charge is 0.416 e. The van der Waals surface area contributed by atoms with E-state index in [-0.39, 0.29) is 22.5 Å². The molecule has 0 radical (unpaired) electrons. The third kappa shape index (κ3) is 6.60. The van der Waals surface area contributed by atoms with Crippen LogP contribution in [0, 0.1) is 5.82 Å². The molecule has 1 aliphatic heterocycles. The number of hydrogen-bond acceptors (Lipinski definition) is 8. The second-order valence-corrected chi connectivity index (χ2v) is 11.9. The fourth-order valence-corrected chi connectivity index (χ4v) is 5.97. The predicted molar refractivity (Wildman–Crippen MR) is 162 cm³/mol. The lowest BCUT2D eigenvalue weighted by molar-refractivity contribution is -0.137. The number of carbonyl (C=O) groups is 2. The van der Waals surface area contributed by atoms with Crippen molar-refractivity contribution in [3.05, 3.63) is 70.6 Å². The molecule has 1 saturated carbocycles. The van der Waals surface area contributed by atoms with E-state index in [1.165, 1.54) is 35.9 Å². The van der Waals surface area contributed by atoms with Crippen LogP contribution in [-0.2, 0) is 6.18 Å². The molecule has 2 aliphatic rings. The average Bonchev–Trinajstić information content (AvgIpc) is 3.74. The van der Waals surface area contributed by atoms with E-state index in [1.54, 1.807) is 5.38 Å². The smallest absolute Gasteiger partial charge is 0.370 e. The molecule has 6 rings (SSSR count). The van der Waals surface area contributed by atoms with Gasteiger partial charge in [-0.3, -0.25) is 9.59 Å². The summed E-state index contributed by atoms with van der Waals surface area (Å²) >= 11 is 1.29. The zero-order valence-corrected chi connectivity index (χ0v) is 24.5. The Bertz CT molecular complexity index is 1720. The maximum Gasteiger partial charge on any atom is 0.416 e. The molecule has 3 N–H and O–H groups in total. The number of alkyl halides is 3. The molecule has 1 saturated heterocycles. The van der Waals surface area contributed by atoms with Crippen molar-refractivity contribution in [3.63, 3.8) is 0 Å². The number of anilines is 4. The Hall–Kier alpha value is -4.30. The van der Waals surface area contributed by atoms with Crippen molar-refractivity contribution >= 4 is 56.2 Å². The first kappa shape index (κ1) is 29.8. The van der Waals surface area contributed by atoms with Crippen LogP contribution in [0.5, 0.6) is 0 Å². The molecule has 2 aromatic carbocycles. The molecule has 2 amide bonds. The van der Waals surface area contributed by atoms with Gasteiger partial charge in [0.1, 0.15) is 18.0 Å². The van der Waals surface area contributed by atoms with Gasteiger partial charge in [0.2, 0.25) is 0 Å². The van der Waals surface area contributed by atoms with Crippen molar-refractivity contribution in [2.75, 3.05) is 54.1 Å². The Kier molecular flexibility index (Phi) is 8.12. The van der Waals surface area contributed by atoms with Crippen molar-refractivity contribution in [2.45, 2.75) is 31.5 Å². The monoisotopic (exact) mass is 627 g/mol. The molecule has 2 fully saturated rings. The summed E-state index contributed by atoms with van der Waals surface area (Å²) in [5.74, 6) is -1.53. The van der Waals surface area contributed by atoms with E-state index in [0.717, 1.165) is 44.0 Å². The molecule has 14 heteroatoms. The number of nitrogens with one attached hydrogen (secondary N) is 3. The quantitative estimate of drug-likeness (QED) is 0.214. The highest BCUT2D eigenvalue weighted by molar-refractivity contribution is 7.18. The summed E-state index contributed by atoms with van der Waals surface area (Å²) in [4.78, 5) is 38.8. The van der Waals surface area contributed by atoms with Gasteiger partial charge in [0.15, 0.2) is 0 Å². The average molecular weight is 628 g/mol. The summed E-state index contributed by atoms with van der Waals surface area (Å²) in [6, 6.07) is 7.17. The third-order valence-electron chi connectivity index (χ3n) is 7.58. The highest BCUT2D eigenvalue weighted by Gasteiger charge is 2.33. The summed E-state index contributed by atoms with van der Waals surface area (Å²) in [5.41, 5.74) is -0.293. The van der Waals surface area contributed by atoms with E-state index in [9.17, 15) is 27.2 Å². The number of aromatic nitrogens is 2. The highest BCUT2D eigenvalue weighted by atomic mass is 32.1. The van der Waals surface area contributed by atoms with E-state index in [0.29, 0.717) is 47.4 Å². The minimum atomic E-state index is -4.66. The Morgan fingerprint density at radius 1 is 0.977 bits per heavy atom. The molecule has 9 nitrogen and oxygen atoms in total. The van der Waals surface area contributed by atoms with Gasteiger partial charge in [-0.05, 0) is 69.3 Å². The van der Waals surface area contributed by atoms with Crippen LogP contribution in [0.4, 0.5) is 40.4 Å². The Morgan fingerprint density at radius 2 is 1.80 bits per heavy atom. The van der Waals surface area contributed by atoms with Crippen LogP contribution in [0.15, 0.2) is 48.1 Å². The molecule has 230 valence electrons. The number of carbonyl (C=O) groups excluding carboxylic acids is 2. The lowest BCUT2D eigenvalue weighted by atomic mass is 10.1. The molecule has 3 heterocycles. The SMILES string of the molecule is CN1CCCN(c2cc(C(=O)Nc3ccc(F)c(NC(=O)c4csc5c(NC6CC6)ncnc45)c3)cc(C(F)(F)F)c2)CC1. The van der Waals surface area contributed by atoms with Crippen LogP contribution >= 0.6 is 11.3 Å². The van der Waals surface area contributed by atoms with Crippen LogP contribution < -0.4 is 20.9 Å². The molecule has 4 aromatic rings. The molecule has 0 atom stereocenters. The minimum Gasteiger partial charge on any atom is -0.370 e. The van der Waals surface area contributed by atoms with E-state index < -0.39 is 29.4 Å². The second-order valence-electron chi connectivity index (χ2n) is 11.0. The Morgan fingerprint density at radius 3 is 2.57 bits per heavy atom. The molecule has 0 bridgehead atoms. The fraction of sp³-hybridized carbons (Fsp3) is 0.333. The number of thiophene rings is 1. The molecule has 0 spiro atoms. The van der Waals surface area contributed by atoms with Crippen LogP contribution in [0.2, 0.25) is 0 Å². The number of benzene rings is 2. The molecular weight excluding hydrogens is 598 g/mol. The maximum atomic E-state index is 14.8. The van der Waals surface area contributed by atoms with Crippen molar-refractivity contribution in [2.24, 2.45) is 0 Å². The molecule has 1 aliphatic carbocycles. The normalized spacial score (nSPS) is 16.1. The van der Waals surface area contributed by atoms with Crippen molar-refractivity contribution < 1.29 is 27.2 Å². The fourth-order valence-electron chi connectivity index (χ4n) is 5.02. The van der Waals surface area contributed by atoms with Gasteiger partial charge in [0.05, 0.1) is 27.0 Å². The van der Waals surface area contributed by atoms with Crippen LogP contribution in [0.25, 0.3) is 10.2 Å². The summed E-state index contributed by atoms with van der Waals surface area (Å²) in [5, 5.41) is 9.99. The van der Waals surface area contributed by atoms with E-state index in [4.69, 9.17) is 0 Å². The van der Waals surface area contributed by atoms with E-state index in [1.807, 2.05) is 11.9 Å². The van der Waals surface area contributed by atoms with Gasteiger partial charge in [-0.25, -0.2) is 14.4 Å². The summed E-state index contributed by atoms with van der Waals surface area (Å²) in [6.07, 6.45) is -0.446. The topological polar surface area (TPSA) is 102 Å². The third-order valence-corrected chi connectivity index (χ3v) is 8.56. The van der Waals surface area contributed by atoms with Gasteiger partial charge < -0.3 is 25.8 Å². The van der Waals surface area contributed by atoms with Crippen molar-refractivity contribution in [1.29, 1.82) is 0 Å². The van der Waals surface area contributed by atoms with Gasteiger partial charge >= 0.3 is 6.18 Å². The van der Waals surface area contributed by atoms with Gasteiger partial charge in [-0.1, -0.05) is 0 Å². The van der Waals surface area contributed by atoms with Crippen LogP contribution in [0.3, 0.4) is 0 Å². The van der Waals surface area contributed by atoms with Crippen LogP contribution in [0.1, 0.15) is 45.5 Å². The Balaban J connectivity index is 1.22. The van der Waals surface area contributed by atoms with E-state index in [2.05, 4.69) is 30.8 Å². The van der Waals surface area contributed by atoms with Crippen molar-refractivity contribution in [3.8, 4) is 0 Å². The summed E-state index contributed by atoms with van der Waals surface area (Å²) in [7, 11) is 1.95. The molecule has 2 aromatic heterocycles. The van der Waals surface area contributed by atoms with Crippen LogP contribution in [-0.4, -0.2) is 66.0 Å². The lowest BCUT2D eigenvalue weighted by Gasteiger charge is -2.24. The second kappa shape index (κ2) is 12.0.